The highest BCUT2D eigenvalue weighted by molar-refractivity contribution is 5.78. The Morgan fingerprint density at radius 2 is 2.19 bits per heavy atom. The van der Waals surface area contributed by atoms with Gasteiger partial charge in [-0.05, 0) is 39.2 Å². The first kappa shape index (κ1) is 11.9. The monoisotopic (exact) mass is 225 g/mol. The molecule has 0 aromatic carbocycles. The van der Waals surface area contributed by atoms with Crippen LogP contribution in [0.4, 0.5) is 0 Å². The van der Waals surface area contributed by atoms with Crippen molar-refractivity contribution < 1.29 is 4.79 Å². The van der Waals surface area contributed by atoms with Crippen molar-refractivity contribution in [2.75, 3.05) is 26.7 Å². The first-order valence-electron chi connectivity index (χ1n) is 6.35. The Labute approximate surface area is 97.8 Å². The number of hydrogen-bond acceptors (Lipinski definition) is 3. The molecule has 1 heterocycles. The van der Waals surface area contributed by atoms with Crippen LogP contribution in [0.2, 0.25) is 0 Å². The molecule has 4 nitrogen and oxygen atoms in total. The molecule has 1 aliphatic carbocycles. The Hall–Kier alpha value is -0.610. The molecule has 1 amide bonds. The number of carbonyl (C=O) groups is 1. The van der Waals surface area contributed by atoms with Crippen LogP contribution in [0.25, 0.3) is 0 Å². The summed E-state index contributed by atoms with van der Waals surface area (Å²) in [5.41, 5.74) is 0. The Morgan fingerprint density at radius 3 is 2.75 bits per heavy atom. The first-order chi connectivity index (χ1) is 7.65. The molecule has 0 radical (unpaired) electrons. The van der Waals surface area contributed by atoms with Gasteiger partial charge >= 0.3 is 0 Å². The van der Waals surface area contributed by atoms with Crippen molar-refractivity contribution in [1.82, 2.24) is 15.5 Å². The molecule has 4 heteroatoms. The van der Waals surface area contributed by atoms with E-state index in [9.17, 15) is 4.79 Å². The summed E-state index contributed by atoms with van der Waals surface area (Å²) in [6, 6.07) is 1.11. The molecule has 16 heavy (non-hydrogen) atoms. The van der Waals surface area contributed by atoms with Crippen LogP contribution in [-0.2, 0) is 4.79 Å². The van der Waals surface area contributed by atoms with Gasteiger partial charge in [0.2, 0.25) is 5.91 Å². The second kappa shape index (κ2) is 5.15. The van der Waals surface area contributed by atoms with Crippen molar-refractivity contribution in [3.8, 4) is 0 Å². The Bertz CT molecular complexity index is 243. The van der Waals surface area contributed by atoms with E-state index in [-0.39, 0.29) is 5.91 Å². The van der Waals surface area contributed by atoms with Crippen LogP contribution >= 0.6 is 0 Å². The standard InChI is InChI=1S/C12H23N3O/c1-9-5-11(8-15(9)2)13-7-12(16)14-6-10-3-4-10/h9-11,13H,3-8H2,1-2H3,(H,14,16). The molecular formula is C12H23N3O. The van der Waals surface area contributed by atoms with E-state index in [0.29, 0.717) is 18.6 Å². The average Bonchev–Trinajstić information content (AvgIpc) is 3.01. The number of nitrogens with one attached hydrogen (secondary N) is 2. The van der Waals surface area contributed by atoms with Crippen LogP contribution in [0.5, 0.6) is 0 Å². The number of carbonyl (C=O) groups excluding carboxylic acids is 1. The molecule has 2 fully saturated rings. The van der Waals surface area contributed by atoms with Crippen molar-refractivity contribution in [2.45, 2.75) is 38.3 Å². The molecule has 92 valence electrons. The molecule has 2 N–H and O–H groups in total. The fraction of sp³-hybridized carbons (Fsp3) is 0.917. The predicted molar refractivity (Wildman–Crippen MR) is 64.2 cm³/mol. The van der Waals surface area contributed by atoms with Gasteiger partial charge in [0.05, 0.1) is 6.54 Å². The minimum atomic E-state index is 0.147. The van der Waals surface area contributed by atoms with Gasteiger partial charge < -0.3 is 15.5 Å². The number of hydrogen-bond donors (Lipinski definition) is 2. The Balaban J connectivity index is 1.57. The van der Waals surface area contributed by atoms with Gasteiger partial charge in [-0.1, -0.05) is 0 Å². The van der Waals surface area contributed by atoms with E-state index in [1.54, 1.807) is 0 Å². The van der Waals surface area contributed by atoms with Crippen LogP contribution in [0.15, 0.2) is 0 Å². The van der Waals surface area contributed by atoms with E-state index in [4.69, 9.17) is 0 Å². The van der Waals surface area contributed by atoms with Crippen LogP contribution in [-0.4, -0.2) is 49.6 Å². The lowest BCUT2D eigenvalue weighted by molar-refractivity contribution is -0.120. The molecule has 1 saturated heterocycles. The van der Waals surface area contributed by atoms with Crippen LogP contribution in [0.1, 0.15) is 26.2 Å². The van der Waals surface area contributed by atoms with Gasteiger partial charge in [0.1, 0.15) is 0 Å². The van der Waals surface area contributed by atoms with Crippen molar-refractivity contribution in [1.29, 1.82) is 0 Å². The SMILES string of the molecule is CC1CC(NCC(=O)NCC2CC2)CN1C. The first-order valence-corrected chi connectivity index (χ1v) is 6.35. The van der Waals surface area contributed by atoms with E-state index in [2.05, 4.69) is 29.5 Å². The summed E-state index contributed by atoms with van der Waals surface area (Å²) in [5, 5.41) is 6.31. The molecule has 0 aromatic heterocycles. The van der Waals surface area contributed by atoms with E-state index in [0.717, 1.165) is 25.4 Å². The third kappa shape index (κ3) is 3.46. The maximum Gasteiger partial charge on any atom is 0.233 e. The fourth-order valence-electron chi connectivity index (χ4n) is 2.22. The zero-order valence-electron chi connectivity index (χ0n) is 10.3. The Kier molecular flexibility index (Phi) is 3.82. The zero-order chi connectivity index (χ0) is 11.5. The van der Waals surface area contributed by atoms with E-state index < -0.39 is 0 Å². The van der Waals surface area contributed by atoms with Crippen molar-refractivity contribution in [3.05, 3.63) is 0 Å². The molecule has 2 unspecified atom stereocenters. The summed E-state index contributed by atoms with van der Waals surface area (Å²) in [6.45, 7) is 4.63. The third-order valence-electron chi connectivity index (χ3n) is 3.72. The molecule has 0 bridgehead atoms. The lowest BCUT2D eigenvalue weighted by Crippen LogP contribution is -2.40. The molecular weight excluding hydrogens is 202 g/mol. The molecule has 2 aliphatic rings. The number of likely N-dealkylation sites (N-methyl/N-ethyl adjacent to an activating group) is 1. The maximum absolute atomic E-state index is 11.5. The lowest BCUT2D eigenvalue weighted by atomic mass is 10.2. The molecule has 2 rings (SSSR count). The van der Waals surface area contributed by atoms with Gasteiger partial charge in [0, 0.05) is 25.2 Å². The summed E-state index contributed by atoms with van der Waals surface area (Å²) in [4.78, 5) is 13.8. The van der Waals surface area contributed by atoms with Crippen LogP contribution in [0.3, 0.4) is 0 Å². The van der Waals surface area contributed by atoms with Crippen molar-refractivity contribution in [3.63, 3.8) is 0 Å². The van der Waals surface area contributed by atoms with Gasteiger partial charge in [-0.2, -0.15) is 0 Å². The highest BCUT2D eigenvalue weighted by Gasteiger charge is 2.26. The summed E-state index contributed by atoms with van der Waals surface area (Å²) in [6.07, 6.45) is 3.73. The van der Waals surface area contributed by atoms with E-state index >= 15 is 0 Å². The lowest BCUT2D eigenvalue weighted by Gasteiger charge is -2.13. The summed E-state index contributed by atoms with van der Waals surface area (Å²) < 4.78 is 0. The normalized spacial score (nSPS) is 30.6. The molecule has 0 spiro atoms. The second-order valence-electron chi connectivity index (χ2n) is 5.35. The van der Waals surface area contributed by atoms with Crippen molar-refractivity contribution >= 4 is 5.91 Å². The van der Waals surface area contributed by atoms with Crippen molar-refractivity contribution in [2.24, 2.45) is 5.92 Å². The van der Waals surface area contributed by atoms with E-state index in [1.807, 2.05) is 0 Å². The second-order valence-corrected chi connectivity index (χ2v) is 5.35. The molecule has 1 aliphatic heterocycles. The maximum atomic E-state index is 11.5. The number of rotatable bonds is 5. The molecule has 0 aromatic rings. The summed E-state index contributed by atoms with van der Waals surface area (Å²) in [7, 11) is 2.14. The van der Waals surface area contributed by atoms with Crippen LogP contribution < -0.4 is 10.6 Å². The Morgan fingerprint density at radius 1 is 1.44 bits per heavy atom. The fourth-order valence-corrected chi connectivity index (χ4v) is 2.22. The highest BCUT2D eigenvalue weighted by Crippen LogP contribution is 2.27. The van der Waals surface area contributed by atoms with E-state index in [1.165, 1.54) is 12.8 Å². The highest BCUT2D eigenvalue weighted by atomic mass is 16.1. The number of amides is 1. The number of nitrogens with zero attached hydrogens (tertiary/aromatic N) is 1. The largest absolute Gasteiger partial charge is 0.355 e. The third-order valence-corrected chi connectivity index (χ3v) is 3.72. The zero-order valence-corrected chi connectivity index (χ0v) is 10.3. The quantitative estimate of drug-likeness (QED) is 0.702. The topological polar surface area (TPSA) is 44.4 Å². The van der Waals surface area contributed by atoms with Crippen LogP contribution in [0, 0.1) is 5.92 Å². The average molecular weight is 225 g/mol. The van der Waals surface area contributed by atoms with Gasteiger partial charge in [0.15, 0.2) is 0 Å². The van der Waals surface area contributed by atoms with Gasteiger partial charge in [-0.3, -0.25) is 4.79 Å². The van der Waals surface area contributed by atoms with Gasteiger partial charge in [-0.15, -0.1) is 0 Å². The van der Waals surface area contributed by atoms with Gasteiger partial charge in [-0.25, -0.2) is 0 Å². The predicted octanol–water partition coefficient (Wildman–Crippen LogP) is 0.195. The molecule has 1 saturated carbocycles. The summed E-state index contributed by atoms with van der Waals surface area (Å²) >= 11 is 0. The summed E-state index contributed by atoms with van der Waals surface area (Å²) in [5.74, 6) is 0.913. The minimum Gasteiger partial charge on any atom is -0.355 e. The number of likely N-dealkylation sites (tertiary alicyclic amines) is 1. The van der Waals surface area contributed by atoms with Gasteiger partial charge in [0.25, 0.3) is 0 Å². The molecule has 2 atom stereocenters. The smallest absolute Gasteiger partial charge is 0.233 e. The minimum absolute atomic E-state index is 0.147.